The first kappa shape index (κ1) is 28.7. The third kappa shape index (κ3) is 5.57. The molecule has 1 aliphatic rings. The van der Waals surface area contributed by atoms with Crippen LogP contribution in [0.15, 0.2) is 66.9 Å². The molecular weight excluding hydrogens is 582 g/mol. The predicted molar refractivity (Wildman–Crippen MR) is 166 cm³/mol. The topological polar surface area (TPSA) is 97.7 Å². The number of thiocarbonyl (C=S) groups is 1. The Kier molecular flexibility index (Phi) is 7.87. The zero-order valence-electron chi connectivity index (χ0n) is 23.2. The molecule has 0 spiro atoms. The van der Waals surface area contributed by atoms with Gasteiger partial charge in [-0.25, -0.2) is 8.42 Å². The normalized spacial score (nSPS) is 16.9. The number of hydrogen-bond donors (Lipinski definition) is 2. The molecule has 12 heteroatoms. The summed E-state index contributed by atoms with van der Waals surface area (Å²) < 4.78 is 40.0. The summed E-state index contributed by atoms with van der Waals surface area (Å²) in [7, 11) is -0.446. The number of halogens is 1. The highest BCUT2D eigenvalue weighted by atomic mass is 35.5. The maximum absolute atomic E-state index is 12.1. The molecule has 4 aromatic rings. The van der Waals surface area contributed by atoms with Gasteiger partial charge in [0.2, 0.25) is 10.0 Å². The van der Waals surface area contributed by atoms with E-state index in [0.717, 1.165) is 34.6 Å². The number of pyridine rings is 1. The Bertz CT molecular complexity index is 1730. The van der Waals surface area contributed by atoms with Crippen molar-refractivity contribution in [1.82, 2.24) is 14.9 Å². The van der Waals surface area contributed by atoms with Crippen LogP contribution in [0.2, 0.25) is 5.02 Å². The lowest BCUT2D eigenvalue weighted by Gasteiger charge is -2.29. The minimum atomic E-state index is -3.57. The maximum Gasteiger partial charge on any atom is 0.229 e. The number of rotatable bonds is 8. The van der Waals surface area contributed by atoms with Crippen LogP contribution >= 0.6 is 23.8 Å². The number of hydrogen-bond acceptors (Lipinski definition) is 6. The summed E-state index contributed by atoms with van der Waals surface area (Å²) >= 11 is 12.3. The summed E-state index contributed by atoms with van der Waals surface area (Å²) in [5, 5.41) is 4.53. The molecular formula is C29H30ClN5O4S2. The summed E-state index contributed by atoms with van der Waals surface area (Å²) in [6.07, 6.45) is 2.85. The van der Waals surface area contributed by atoms with Crippen LogP contribution in [0.5, 0.6) is 11.5 Å². The van der Waals surface area contributed by atoms with Crippen LogP contribution in [-0.4, -0.2) is 43.6 Å². The number of benzene rings is 2. The average Bonchev–Trinajstić information content (AvgIpc) is 3.42. The summed E-state index contributed by atoms with van der Waals surface area (Å²) in [4.78, 5) is 6.63. The van der Waals surface area contributed by atoms with Crippen molar-refractivity contribution in [3.63, 3.8) is 0 Å². The number of sulfonamides is 1. The lowest BCUT2D eigenvalue weighted by atomic mass is 9.96. The van der Waals surface area contributed by atoms with Crippen LogP contribution in [0.1, 0.15) is 34.7 Å². The number of nitrogens with zero attached hydrogens (tertiary/aromatic N) is 3. The van der Waals surface area contributed by atoms with Crippen molar-refractivity contribution < 1.29 is 17.9 Å². The zero-order valence-corrected chi connectivity index (χ0v) is 25.6. The van der Waals surface area contributed by atoms with Gasteiger partial charge < -0.3 is 24.3 Å². The molecule has 1 fully saturated rings. The molecule has 41 heavy (non-hydrogen) atoms. The van der Waals surface area contributed by atoms with E-state index in [0.29, 0.717) is 33.0 Å². The van der Waals surface area contributed by atoms with E-state index in [4.69, 9.17) is 33.3 Å². The molecule has 0 saturated carbocycles. The van der Waals surface area contributed by atoms with E-state index in [9.17, 15) is 8.42 Å². The van der Waals surface area contributed by atoms with Gasteiger partial charge in [-0.3, -0.25) is 9.71 Å². The van der Waals surface area contributed by atoms with Gasteiger partial charge in [0, 0.05) is 28.3 Å². The number of methoxy groups -OCH3 is 2. The van der Waals surface area contributed by atoms with Crippen molar-refractivity contribution in [1.29, 1.82) is 0 Å². The number of aryl methyl sites for hydroxylation is 1. The molecule has 0 radical (unpaired) electrons. The zero-order chi connectivity index (χ0) is 29.5. The highest BCUT2D eigenvalue weighted by molar-refractivity contribution is 7.92. The molecule has 5 rings (SSSR count). The minimum Gasteiger partial charge on any atom is -0.495 e. The fraction of sp³-hybridized carbons (Fsp3) is 0.241. The standard InChI is InChI=1S/C29H30ClN5O4S2/c1-17-14-21(18(2)34(17)24-15-19(30)9-11-26(24)39-4)28-27(22-8-6-7-13-31-22)32-29(40)35(28)20-10-12-25(38-3)23(16-20)33-41(5,36)37/h6-16,27-28,33H,1-5H3,(H,32,40)/t27-,28+/m0/s1. The Morgan fingerprint density at radius 2 is 1.76 bits per heavy atom. The Morgan fingerprint density at radius 3 is 2.41 bits per heavy atom. The largest absolute Gasteiger partial charge is 0.495 e. The molecule has 0 unspecified atom stereocenters. The number of nitrogens with one attached hydrogen (secondary N) is 2. The van der Waals surface area contributed by atoms with Crippen molar-refractivity contribution >= 4 is 50.3 Å². The van der Waals surface area contributed by atoms with Crippen LogP contribution in [0.3, 0.4) is 0 Å². The molecule has 2 aromatic heterocycles. The van der Waals surface area contributed by atoms with Gasteiger partial charge >= 0.3 is 0 Å². The van der Waals surface area contributed by atoms with Gasteiger partial charge in [-0.05, 0) is 86.2 Å². The van der Waals surface area contributed by atoms with Crippen molar-refractivity contribution in [3.8, 4) is 17.2 Å². The molecule has 1 saturated heterocycles. The molecule has 1 aliphatic heterocycles. The van der Waals surface area contributed by atoms with E-state index in [-0.39, 0.29) is 12.1 Å². The van der Waals surface area contributed by atoms with E-state index >= 15 is 0 Å². The lowest BCUT2D eigenvalue weighted by molar-refractivity contribution is 0.412. The monoisotopic (exact) mass is 611 g/mol. The smallest absolute Gasteiger partial charge is 0.229 e. The number of aromatic nitrogens is 2. The van der Waals surface area contributed by atoms with Crippen LogP contribution in [0, 0.1) is 13.8 Å². The van der Waals surface area contributed by atoms with Gasteiger partial charge in [-0.1, -0.05) is 17.7 Å². The van der Waals surface area contributed by atoms with Gasteiger partial charge in [-0.2, -0.15) is 0 Å². The summed E-state index contributed by atoms with van der Waals surface area (Å²) in [6.45, 7) is 4.07. The second kappa shape index (κ2) is 11.2. The van der Waals surface area contributed by atoms with Gasteiger partial charge in [0.15, 0.2) is 5.11 Å². The second-order valence-corrected chi connectivity index (χ2v) is 12.3. The highest BCUT2D eigenvalue weighted by Crippen LogP contribution is 2.45. The molecule has 2 atom stereocenters. The molecule has 0 aliphatic carbocycles. The van der Waals surface area contributed by atoms with Crippen LogP contribution < -0.4 is 24.4 Å². The Hall–Kier alpha value is -3.80. The lowest BCUT2D eigenvalue weighted by Crippen LogP contribution is -2.29. The van der Waals surface area contributed by atoms with Crippen molar-refractivity contribution in [3.05, 3.63) is 94.5 Å². The summed E-state index contributed by atoms with van der Waals surface area (Å²) in [5.74, 6) is 1.08. The third-order valence-corrected chi connectivity index (χ3v) is 8.17. The fourth-order valence-electron chi connectivity index (χ4n) is 5.37. The van der Waals surface area contributed by atoms with E-state index in [2.05, 4.69) is 25.7 Å². The predicted octanol–water partition coefficient (Wildman–Crippen LogP) is 5.71. The van der Waals surface area contributed by atoms with Crippen LogP contribution in [0.25, 0.3) is 5.69 Å². The molecule has 0 amide bonds. The SMILES string of the molecule is COc1ccc(N2C(=S)N[C@@H](c3ccccn3)[C@H]2c2cc(C)n(-c3cc(Cl)ccc3OC)c2C)cc1NS(C)(=O)=O. The van der Waals surface area contributed by atoms with Gasteiger partial charge in [0.1, 0.15) is 11.5 Å². The Morgan fingerprint density at radius 1 is 1.02 bits per heavy atom. The van der Waals surface area contributed by atoms with E-state index in [1.54, 1.807) is 31.5 Å². The first-order valence-electron chi connectivity index (χ1n) is 12.7. The number of ether oxygens (including phenoxy) is 2. The first-order valence-corrected chi connectivity index (χ1v) is 15.4. The average molecular weight is 612 g/mol. The van der Waals surface area contributed by atoms with Crippen molar-refractivity contribution in [2.75, 3.05) is 30.1 Å². The van der Waals surface area contributed by atoms with E-state index < -0.39 is 10.0 Å². The molecule has 2 aromatic carbocycles. The molecule has 3 heterocycles. The molecule has 214 valence electrons. The van der Waals surface area contributed by atoms with Gasteiger partial charge in [-0.15, -0.1) is 0 Å². The summed E-state index contributed by atoms with van der Waals surface area (Å²) in [5.41, 5.74) is 5.57. The van der Waals surface area contributed by atoms with Gasteiger partial charge in [0.25, 0.3) is 0 Å². The molecule has 2 N–H and O–H groups in total. The van der Waals surface area contributed by atoms with E-state index in [1.165, 1.54) is 7.11 Å². The van der Waals surface area contributed by atoms with Crippen LogP contribution in [0.4, 0.5) is 11.4 Å². The van der Waals surface area contributed by atoms with E-state index in [1.807, 2.05) is 55.1 Å². The Balaban J connectivity index is 1.71. The van der Waals surface area contributed by atoms with Crippen LogP contribution in [-0.2, 0) is 10.0 Å². The quantitative estimate of drug-likeness (QED) is 0.245. The van der Waals surface area contributed by atoms with Gasteiger partial charge in [0.05, 0.1) is 49.6 Å². The Labute approximate surface area is 250 Å². The van der Waals surface area contributed by atoms with Crippen molar-refractivity contribution in [2.24, 2.45) is 0 Å². The van der Waals surface area contributed by atoms with Crippen molar-refractivity contribution in [2.45, 2.75) is 25.9 Å². The molecule has 0 bridgehead atoms. The second-order valence-electron chi connectivity index (χ2n) is 9.73. The summed E-state index contributed by atoms with van der Waals surface area (Å²) in [6, 6.07) is 18.1. The molecule has 9 nitrogen and oxygen atoms in total. The fourth-order valence-corrected chi connectivity index (χ4v) is 6.44. The first-order chi connectivity index (χ1) is 19.5. The maximum atomic E-state index is 12.1. The number of anilines is 2. The highest BCUT2D eigenvalue weighted by Gasteiger charge is 2.42. The minimum absolute atomic E-state index is 0.299. The third-order valence-electron chi connectivity index (χ3n) is 7.03.